The van der Waals surface area contributed by atoms with Crippen LogP contribution in [0.25, 0.3) is 11.0 Å². The van der Waals surface area contributed by atoms with Gasteiger partial charge in [-0.3, -0.25) is 4.79 Å². The average Bonchev–Trinajstić information content (AvgIpc) is 3.08. The Labute approximate surface area is 153 Å². The van der Waals surface area contributed by atoms with Crippen LogP contribution < -0.4 is 15.7 Å². The normalized spacial score (nSPS) is 14.5. The molecule has 2 aromatic rings. The third-order valence-corrected chi connectivity index (χ3v) is 4.71. The molecule has 0 radical (unpaired) electrons. The minimum Gasteiger partial charge on any atom is -0.481 e. The number of aryl methyl sites for hydroxylation is 1. The molecule has 6 nitrogen and oxygen atoms in total. The molecule has 140 valence electrons. The van der Waals surface area contributed by atoms with Gasteiger partial charge >= 0.3 is 5.63 Å². The van der Waals surface area contributed by atoms with Crippen LogP contribution in [0.1, 0.15) is 30.9 Å². The summed E-state index contributed by atoms with van der Waals surface area (Å²) in [6, 6.07) is 5.45. The summed E-state index contributed by atoms with van der Waals surface area (Å²) in [6.45, 7) is 3.25. The molecule has 26 heavy (non-hydrogen) atoms. The zero-order valence-electron chi connectivity index (χ0n) is 15.6. The van der Waals surface area contributed by atoms with Crippen molar-refractivity contribution in [3.8, 4) is 5.75 Å². The fraction of sp³-hybridized carbons (Fsp3) is 0.500. The van der Waals surface area contributed by atoms with E-state index in [1.54, 1.807) is 13.0 Å². The van der Waals surface area contributed by atoms with Crippen molar-refractivity contribution in [2.45, 2.75) is 38.7 Å². The van der Waals surface area contributed by atoms with Crippen LogP contribution in [0.5, 0.6) is 5.75 Å². The zero-order chi connectivity index (χ0) is 18.7. The molecular weight excluding hydrogens is 332 g/mol. The molecule has 1 aromatic carbocycles. The van der Waals surface area contributed by atoms with Crippen molar-refractivity contribution < 1.29 is 13.9 Å². The van der Waals surface area contributed by atoms with Crippen molar-refractivity contribution in [2.24, 2.45) is 0 Å². The number of fused-ring (bicyclic) bond motifs is 3. The van der Waals surface area contributed by atoms with Crippen LogP contribution in [0.3, 0.4) is 0 Å². The van der Waals surface area contributed by atoms with E-state index in [0.29, 0.717) is 17.9 Å². The van der Waals surface area contributed by atoms with E-state index in [-0.39, 0.29) is 11.5 Å². The van der Waals surface area contributed by atoms with Crippen molar-refractivity contribution in [2.75, 3.05) is 27.2 Å². The fourth-order valence-corrected chi connectivity index (χ4v) is 3.35. The molecule has 0 fully saturated rings. The molecule has 0 saturated carbocycles. The average molecular weight is 358 g/mol. The number of benzene rings is 1. The van der Waals surface area contributed by atoms with E-state index >= 15 is 0 Å². The van der Waals surface area contributed by atoms with Gasteiger partial charge in [0.2, 0.25) is 0 Å². The second-order valence-electron chi connectivity index (χ2n) is 7.07. The summed E-state index contributed by atoms with van der Waals surface area (Å²) in [5.74, 6) is 0.369. The molecule has 1 N–H and O–H groups in total. The molecule has 1 aliphatic rings. The Morgan fingerprint density at radius 3 is 2.85 bits per heavy atom. The Morgan fingerprint density at radius 1 is 1.31 bits per heavy atom. The molecule has 1 atom stereocenters. The van der Waals surface area contributed by atoms with E-state index in [1.807, 2.05) is 26.2 Å². The number of hydrogen-bond donors (Lipinski definition) is 1. The molecule has 0 spiro atoms. The first-order valence-corrected chi connectivity index (χ1v) is 9.13. The minimum absolute atomic E-state index is 0.153. The van der Waals surface area contributed by atoms with Gasteiger partial charge in [0.15, 0.2) is 6.10 Å². The maximum absolute atomic E-state index is 12.1. The van der Waals surface area contributed by atoms with Gasteiger partial charge in [-0.05, 0) is 70.9 Å². The van der Waals surface area contributed by atoms with Gasteiger partial charge in [0, 0.05) is 23.6 Å². The van der Waals surface area contributed by atoms with E-state index < -0.39 is 6.10 Å². The van der Waals surface area contributed by atoms with Gasteiger partial charge in [0.1, 0.15) is 11.3 Å². The summed E-state index contributed by atoms with van der Waals surface area (Å²) in [5, 5.41) is 3.84. The van der Waals surface area contributed by atoms with E-state index in [2.05, 4.69) is 10.2 Å². The highest BCUT2D eigenvalue weighted by Crippen LogP contribution is 2.29. The summed E-state index contributed by atoms with van der Waals surface area (Å²) >= 11 is 0. The Balaban J connectivity index is 1.66. The zero-order valence-corrected chi connectivity index (χ0v) is 15.6. The first-order chi connectivity index (χ1) is 12.5. The van der Waals surface area contributed by atoms with Crippen molar-refractivity contribution in [3.63, 3.8) is 0 Å². The highest BCUT2D eigenvalue weighted by molar-refractivity contribution is 5.84. The molecular formula is C20H26N2O4. The Hall–Kier alpha value is -2.34. The smallest absolute Gasteiger partial charge is 0.339 e. The second kappa shape index (κ2) is 7.91. The lowest BCUT2D eigenvalue weighted by atomic mass is 10.1. The van der Waals surface area contributed by atoms with Gasteiger partial charge < -0.3 is 19.4 Å². The SMILES string of the molecule is CC(Oc1ccc2c3c(c(=O)oc2c1)CCC3)C(=O)NCCCN(C)C. The summed E-state index contributed by atoms with van der Waals surface area (Å²) < 4.78 is 11.2. The quantitative estimate of drug-likeness (QED) is 0.606. The standard InChI is InChI=1S/C20H26N2O4/c1-13(19(23)21-10-5-11-22(2)3)25-14-8-9-16-15-6-4-7-17(15)20(24)26-18(16)12-14/h8-9,12-13H,4-7,10-11H2,1-3H3,(H,21,23). The van der Waals surface area contributed by atoms with Crippen LogP contribution in [0.2, 0.25) is 0 Å². The number of nitrogens with one attached hydrogen (secondary N) is 1. The maximum atomic E-state index is 12.1. The van der Waals surface area contributed by atoms with Gasteiger partial charge in [-0.25, -0.2) is 4.79 Å². The van der Waals surface area contributed by atoms with Crippen LogP contribution >= 0.6 is 0 Å². The second-order valence-corrected chi connectivity index (χ2v) is 7.07. The van der Waals surface area contributed by atoms with Gasteiger partial charge in [-0.15, -0.1) is 0 Å². The predicted molar refractivity (Wildman–Crippen MR) is 101 cm³/mol. The molecule has 1 aromatic heterocycles. The molecule has 0 bridgehead atoms. The highest BCUT2D eigenvalue weighted by atomic mass is 16.5. The summed E-state index contributed by atoms with van der Waals surface area (Å²) in [6.07, 6.45) is 2.95. The number of amides is 1. The van der Waals surface area contributed by atoms with E-state index in [1.165, 1.54) is 0 Å². The molecule has 0 aliphatic heterocycles. The Bertz CT molecular complexity index is 857. The topological polar surface area (TPSA) is 71.8 Å². The highest BCUT2D eigenvalue weighted by Gasteiger charge is 2.20. The lowest BCUT2D eigenvalue weighted by molar-refractivity contribution is -0.127. The largest absolute Gasteiger partial charge is 0.481 e. The molecule has 0 saturated heterocycles. The van der Waals surface area contributed by atoms with Crippen LogP contribution in [0.15, 0.2) is 27.4 Å². The number of ether oxygens (including phenoxy) is 1. The van der Waals surface area contributed by atoms with E-state index in [9.17, 15) is 9.59 Å². The Morgan fingerprint density at radius 2 is 2.08 bits per heavy atom. The van der Waals surface area contributed by atoms with Crippen LogP contribution in [-0.2, 0) is 17.6 Å². The first-order valence-electron chi connectivity index (χ1n) is 9.13. The van der Waals surface area contributed by atoms with Gasteiger partial charge in [0.25, 0.3) is 5.91 Å². The maximum Gasteiger partial charge on any atom is 0.339 e. The van der Waals surface area contributed by atoms with Crippen LogP contribution in [0, 0.1) is 0 Å². The number of nitrogens with zero attached hydrogens (tertiary/aromatic N) is 1. The summed E-state index contributed by atoms with van der Waals surface area (Å²) in [5.41, 5.74) is 2.16. The van der Waals surface area contributed by atoms with Gasteiger partial charge in [0.05, 0.1) is 0 Å². The number of carbonyl (C=O) groups excluding carboxylic acids is 1. The summed E-state index contributed by atoms with van der Waals surface area (Å²) in [4.78, 5) is 26.3. The predicted octanol–water partition coefficient (Wildman–Crippen LogP) is 2.12. The molecule has 1 unspecified atom stereocenters. The lowest BCUT2D eigenvalue weighted by Crippen LogP contribution is -2.37. The molecule has 3 rings (SSSR count). The van der Waals surface area contributed by atoms with Crippen LogP contribution in [-0.4, -0.2) is 44.1 Å². The number of hydrogen-bond acceptors (Lipinski definition) is 5. The minimum atomic E-state index is -0.618. The third kappa shape index (κ3) is 4.07. The van der Waals surface area contributed by atoms with Crippen molar-refractivity contribution >= 4 is 16.9 Å². The molecule has 6 heteroatoms. The van der Waals surface area contributed by atoms with Gasteiger partial charge in [-0.2, -0.15) is 0 Å². The summed E-state index contributed by atoms with van der Waals surface area (Å²) in [7, 11) is 4.00. The van der Waals surface area contributed by atoms with Gasteiger partial charge in [-0.1, -0.05) is 0 Å². The number of rotatable bonds is 7. The lowest BCUT2D eigenvalue weighted by Gasteiger charge is -2.16. The van der Waals surface area contributed by atoms with Crippen molar-refractivity contribution in [1.82, 2.24) is 10.2 Å². The van der Waals surface area contributed by atoms with E-state index in [0.717, 1.165) is 48.7 Å². The first kappa shape index (κ1) is 18.5. The van der Waals surface area contributed by atoms with Crippen molar-refractivity contribution in [1.29, 1.82) is 0 Å². The monoisotopic (exact) mass is 358 g/mol. The molecule has 1 aliphatic carbocycles. The fourth-order valence-electron chi connectivity index (χ4n) is 3.35. The van der Waals surface area contributed by atoms with Crippen LogP contribution in [0.4, 0.5) is 0 Å². The molecule has 1 amide bonds. The van der Waals surface area contributed by atoms with Crippen molar-refractivity contribution in [3.05, 3.63) is 39.7 Å². The Kier molecular flexibility index (Phi) is 5.61. The molecule has 1 heterocycles. The third-order valence-electron chi connectivity index (χ3n) is 4.71. The van der Waals surface area contributed by atoms with E-state index in [4.69, 9.17) is 9.15 Å². The number of carbonyl (C=O) groups is 1.